The fourth-order valence-electron chi connectivity index (χ4n) is 2.36. The first-order chi connectivity index (χ1) is 10.2. The molecule has 0 aromatic heterocycles. The highest BCUT2D eigenvalue weighted by molar-refractivity contribution is 5.93. The van der Waals surface area contributed by atoms with Gasteiger partial charge in [-0.1, -0.05) is 12.1 Å². The van der Waals surface area contributed by atoms with Crippen LogP contribution in [-0.2, 0) is 9.53 Å². The summed E-state index contributed by atoms with van der Waals surface area (Å²) >= 11 is 0. The van der Waals surface area contributed by atoms with Gasteiger partial charge in [0.25, 0.3) is 0 Å². The van der Waals surface area contributed by atoms with E-state index in [-0.39, 0.29) is 12.0 Å². The second kappa shape index (κ2) is 7.74. The molecule has 0 saturated carbocycles. The number of morpholine rings is 1. The van der Waals surface area contributed by atoms with Gasteiger partial charge in [0, 0.05) is 19.6 Å². The largest absolute Gasteiger partial charge is 0.374 e. The number of rotatable bonds is 5. The van der Waals surface area contributed by atoms with E-state index in [4.69, 9.17) is 10.00 Å². The number of nitrogens with one attached hydrogen (secondary N) is 2. The summed E-state index contributed by atoms with van der Waals surface area (Å²) in [6, 6.07) is 9.07. The number of likely N-dealkylation sites (N-methyl/N-ethyl adjacent to an activating group) is 1. The van der Waals surface area contributed by atoms with Gasteiger partial charge < -0.3 is 15.4 Å². The molecule has 1 amide bonds. The molecule has 0 aliphatic carbocycles. The summed E-state index contributed by atoms with van der Waals surface area (Å²) in [5.41, 5.74) is 1.03. The molecule has 1 unspecified atom stereocenters. The van der Waals surface area contributed by atoms with Gasteiger partial charge in [-0.2, -0.15) is 5.26 Å². The van der Waals surface area contributed by atoms with Crippen molar-refractivity contribution in [3.8, 4) is 6.07 Å². The van der Waals surface area contributed by atoms with Crippen LogP contribution in [0.5, 0.6) is 0 Å². The topological polar surface area (TPSA) is 77.4 Å². The predicted octanol–water partition coefficient (Wildman–Crippen LogP) is 0.417. The number of anilines is 1. The molecular weight excluding hydrogens is 268 g/mol. The SMILES string of the molecule is CNCC1CN(CC(=O)Nc2ccccc2C#N)CCO1. The van der Waals surface area contributed by atoms with Gasteiger partial charge in [-0.25, -0.2) is 0 Å². The van der Waals surface area contributed by atoms with Crippen LogP contribution < -0.4 is 10.6 Å². The minimum absolute atomic E-state index is 0.109. The predicted molar refractivity (Wildman–Crippen MR) is 79.9 cm³/mol. The summed E-state index contributed by atoms with van der Waals surface area (Å²) in [6.45, 7) is 3.19. The number of carbonyl (C=O) groups is 1. The van der Waals surface area contributed by atoms with Gasteiger partial charge in [-0.05, 0) is 19.2 Å². The van der Waals surface area contributed by atoms with Crippen molar-refractivity contribution in [1.29, 1.82) is 5.26 Å². The van der Waals surface area contributed by atoms with Crippen molar-refractivity contribution >= 4 is 11.6 Å². The summed E-state index contributed by atoms with van der Waals surface area (Å²) in [5.74, 6) is -0.109. The average molecular weight is 288 g/mol. The highest BCUT2D eigenvalue weighted by Crippen LogP contribution is 2.13. The molecule has 1 aromatic rings. The molecule has 1 saturated heterocycles. The number of hydrogen-bond acceptors (Lipinski definition) is 5. The Hall–Kier alpha value is -1.94. The highest BCUT2D eigenvalue weighted by Gasteiger charge is 2.21. The van der Waals surface area contributed by atoms with E-state index < -0.39 is 0 Å². The fraction of sp³-hybridized carbons (Fsp3) is 0.467. The number of ether oxygens (including phenoxy) is 1. The average Bonchev–Trinajstić information content (AvgIpc) is 2.48. The molecule has 2 rings (SSSR count). The van der Waals surface area contributed by atoms with Gasteiger partial charge in [0.05, 0.1) is 30.5 Å². The smallest absolute Gasteiger partial charge is 0.238 e. The lowest BCUT2D eigenvalue weighted by Crippen LogP contribution is -2.48. The molecule has 1 aromatic carbocycles. The monoisotopic (exact) mass is 288 g/mol. The lowest BCUT2D eigenvalue weighted by Gasteiger charge is -2.32. The molecule has 0 bridgehead atoms. The number of hydrogen-bond donors (Lipinski definition) is 2. The van der Waals surface area contributed by atoms with Gasteiger partial charge in [-0.3, -0.25) is 9.69 Å². The van der Waals surface area contributed by atoms with Crippen molar-refractivity contribution in [1.82, 2.24) is 10.2 Å². The standard InChI is InChI=1S/C15H20N4O2/c1-17-9-13-10-19(6-7-21-13)11-15(20)18-14-5-3-2-4-12(14)8-16/h2-5,13,17H,6-7,9-11H2,1H3,(H,18,20). The van der Waals surface area contributed by atoms with E-state index >= 15 is 0 Å². The molecular formula is C15H20N4O2. The number of para-hydroxylation sites is 1. The molecule has 21 heavy (non-hydrogen) atoms. The quantitative estimate of drug-likeness (QED) is 0.821. The van der Waals surface area contributed by atoms with Gasteiger partial charge in [-0.15, -0.1) is 0 Å². The number of amides is 1. The number of nitriles is 1. The van der Waals surface area contributed by atoms with E-state index in [9.17, 15) is 4.79 Å². The Morgan fingerprint density at radius 2 is 2.33 bits per heavy atom. The van der Waals surface area contributed by atoms with Crippen LogP contribution in [0.25, 0.3) is 0 Å². The van der Waals surface area contributed by atoms with Crippen molar-refractivity contribution < 1.29 is 9.53 Å². The van der Waals surface area contributed by atoms with Crippen LogP contribution in [0, 0.1) is 11.3 Å². The van der Waals surface area contributed by atoms with Crippen LogP contribution in [0.1, 0.15) is 5.56 Å². The van der Waals surface area contributed by atoms with Crippen LogP contribution in [0.3, 0.4) is 0 Å². The third-order valence-corrected chi connectivity index (χ3v) is 3.34. The van der Waals surface area contributed by atoms with E-state index in [1.165, 1.54) is 0 Å². The van der Waals surface area contributed by atoms with Crippen LogP contribution >= 0.6 is 0 Å². The summed E-state index contributed by atoms with van der Waals surface area (Å²) < 4.78 is 5.61. The van der Waals surface area contributed by atoms with Crippen LogP contribution in [0.15, 0.2) is 24.3 Å². The Morgan fingerprint density at radius 1 is 1.52 bits per heavy atom. The molecule has 0 spiro atoms. The minimum atomic E-state index is -0.109. The second-order valence-corrected chi connectivity index (χ2v) is 4.99. The number of nitrogens with zero attached hydrogens (tertiary/aromatic N) is 2. The summed E-state index contributed by atoms with van der Waals surface area (Å²) in [5, 5.41) is 14.9. The zero-order valence-corrected chi connectivity index (χ0v) is 12.1. The lowest BCUT2D eigenvalue weighted by molar-refractivity contribution is -0.119. The van der Waals surface area contributed by atoms with E-state index in [0.29, 0.717) is 24.4 Å². The van der Waals surface area contributed by atoms with Crippen molar-refractivity contribution in [2.75, 3.05) is 45.2 Å². The van der Waals surface area contributed by atoms with E-state index in [1.807, 2.05) is 7.05 Å². The fourth-order valence-corrected chi connectivity index (χ4v) is 2.36. The maximum Gasteiger partial charge on any atom is 0.238 e. The normalized spacial score (nSPS) is 19.0. The second-order valence-electron chi connectivity index (χ2n) is 4.99. The van der Waals surface area contributed by atoms with E-state index in [1.54, 1.807) is 24.3 Å². The van der Waals surface area contributed by atoms with Gasteiger partial charge >= 0.3 is 0 Å². The third-order valence-electron chi connectivity index (χ3n) is 3.34. The molecule has 1 aliphatic rings. The van der Waals surface area contributed by atoms with Gasteiger partial charge in [0.2, 0.25) is 5.91 Å². The zero-order chi connectivity index (χ0) is 15.1. The Morgan fingerprint density at radius 3 is 3.10 bits per heavy atom. The van der Waals surface area contributed by atoms with Gasteiger partial charge in [0.1, 0.15) is 6.07 Å². The summed E-state index contributed by atoms with van der Waals surface area (Å²) in [4.78, 5) is 14.2. The molecule has 1 atom stereocenters. The first-order valence-corrected chi connectivity index (χ1v) is 7.00. The van der Waals surface area contributed by atoms with Crippen LogP contribution in [0.4, 0.5) is 5.69 Å². The molecule has 0 radical (unpaired) electrons. The van der Waals surface area contributed by atoms with Crippen LogP contribution in [0.2, 0.25) is 0 Å². The van der Waals surface area contributed by atoms with Crippen LogP contribution in [-0.4, -0.2) is 56.7 Å². The Labute approximate surface area is 124 Å². The lowest BCUT2D eigenvalue weighted by atomic mass is 10.2. The number of benzene rings is 1. The Kier molecular flexibility index (Phi) is 5.69. The molecule has 6 nitrogen and oxygen atoms in total. The molecule has 112 valence electrons. The molecule has 1 aliphatic heterocycles. The summed E-state index contributed by atoms with van der Waals surface area (Å²) in [7, 11) is 1.88. The summed E-state index contributed by atoms with van der Waals surface area (Å²) in [6.07, 6.45) is 0.114. The zero-order valence-electron chi connectivity index (χ0n) is 12.1. The molecule has 6 heteroatoms. The first kappa shape index (κ1) is 15.4. The Bertz CT molecular complexity index is 525. The molecule has 1 fully saturated rings. The van der Waals surface area contributed by atoms with Crippen molar-refractivity contribution in [3.05, 3.63) is 29.8 Å². The van der Waals surface area contributed by atoms with Crippen molar-refractivity contribution in [3.63, 3.8) is 0 Å². The van der Waals surface area contributed by atoms with E-state index in [2.05, 4.69) is 21.6 Å². The van der Waals surface area contributed by atoms with Gasteiger partial charge in [0.15, 0.2) is 0 Å². The maximum atomic E-state index is 12.1. The third kappa shape index (κ3) is 4.53. The number of carbonyl (C=O) groups excluding carboxylic acids is 1. The molecule has 1 heterocycles. The maximum absolute atomic E-state index is 12.1. The highest BCUT2D eigenvalue weighted by atomic mass is 16.5. The van der Waals surface area contributed by atoms with Crippen molar-refractivity contribution in [2.45, 2.75) is 6.10 Å². The first-order valence-electron chi connectivity index (χ1n) is 7.00. The Balaban J connectivity index is 1.88. The molecule has 2 N–H and O–H groups in total. The minimum Gasteiger partial charge on any atom is -0.374 e. The van der Waals surface area contributed by atoms with E-state index in [0.717, 1.165) is 19.6 Å². The van der Waals surface area contributed by atoms with Crippen molar-refractivity contribution in [2.24, 2.45) is 0 Å².